The Morgan fingerprint density at radius 2 is 1.68 bits per heavy atom. The predicted octanol–water partition coefficient (Wildman–Crippen LogP) is 3.22. The Morgan fingerprint density at radius 1 is 1.00 bits per heavy atom. The average Bonchev–Trinajstić information content (AvgIpc) is 2.48. The molecule has 0 saturated heterocycles. The molecule has 0 amide bonds. The Bertz CT molecular complexity index is 963. The molecule has 1 aromatic heterocycles. The molecule has 0 saturated carbocycles. The van der Waals surface area contributed by atoms with Crippen LogP contribution in [-0.4, -0.2) is 18.4 Å². The maximum atomic E-state index is 13.2. The molecule has 0 aliphatic rings. The number of aromatic nitrogens is 2. The monoisotopic (exact) mass is 337 g/mol. The van der Waals surface area contributed by atoms with Crippen molar-refractivity contribution in [2.24, 2.45) is 0 Å². The van der Waals surface area contributed by atoms with Crippen LogP contribution in [0.3, 0.4) is 0 Å². The summed E-state index contributed by atoms with van der Waals surface area (Å²) in [6, 6.07) is 11.5. The Morgan fingerprint density at radius 3 is 2.36 bits per heavy atom. The lowest BCUT2D eigenvalue weighted by Gasteiger charge is -2.09. The molecule has 0 aliphatic heterocycles. The first-order chi connectivity index (χ1) is 10.5. The Balaban J connectivity index is 2.03. The topological polar surface area (TPSA) is 72.0 Å². The van der Waals surface area contributed by atoms with Crippen LogP contribution in [0.4, 0.5) is 10.2 Å². The molecule has 8 heteroatoms. The maximum absolute atomic E-state index is 13.2. The zero-order valence-corrected chi connectivity index (χ0v) is 12.6. The van der Waals surface area contributed by atoms with Crippen molar-refractivity contribution in [3.8, 4) is 0 Å². The van der Waals surface area contributed by atoms with Crippen LogP contribution in [0, 0.1) is 5.82 Å². The molecule has 0 atom stereocenters. The van der Waals surface area contributed by atoms with E-state index in [4.69, 9.17) is 11.6 Å². The SMILES string of the molecule is O=S(=O)(Nc1nc2ccccc2nc1Cl)c1cccc(F)c1. The molecule has 22 heavy (non-hydrogen) atoms. The number of halogens is 2. The number of sulfonamides is 1. The van der Waals surface area contributed by atoms with Crippen molar-refractivity contribution in [1.29, 1.82) is 0 Å². The van der Waals surface area contributed by atoms with Gasteiger partial charge in [0, 0.05) is 0 Å². The smallest absolute Gasteiger partial charge is 0.261 e. The summed E-state index contributed by atoms with van der Waals surface area (Å²) in [5.74, 6) is -0.761. The number of para-hydroxylation sites is 2. The first kappa shape index (κ1) is 14.7. The van der Waals surface area contributed by atoms with E-state index in [1.54, 1.807) is 24.3 Å². The van der Waals surface area contributed by atoms with Gasteiger partial charge in [0.1, 0.15) is 5.82 Å². The average molecular weight is 338 g/mol. The first-order valence-corrected chi connectivity index (χ1v) is 8.02. The fourth-order valence-corrected chi connectivity index (χ4v) is 3.14. The fraction of sp³-hybridized carbons (Fsp3) is 0. The molecule has 3 aromatic rings. The van der Waals surface area contributed by atoms with Gasteiger partial charge in [0.25, 0.3) is 10.0 Å². The minimum atomic E-state index is -4.00. The van der Waals surface area contributed by atoms with Crippen molar-refractivity contribution >= 4 is 38.5 Å². The van der Waals surface area contributed by atoms with Gasteiger partial charge in [-0.1, -0.05) is 29.8 Å². The number of fused-ring (bicyclic) bond motifs is 1. The van der Waals surface area contributed by atoms with Crippen molar-refractivity contribution in [1.82, 2.24) is 9.97 Å². The van der Waals surface area contributed by atoms with E-state index < -0.39 is 15.8 Å². The zero-order valence-electron chi connectivity index (χ0n) is 11.0. The van der Waals surface area contributed by atoms with Gasteiger partial charge < -0.3 is 0 Å². The highest BCUT2D eigenvalue weighted by atomic mass is 35.5. The molecule has 0 aliphatic carbocycles. The van der Waals surface area contributed by atoms with Gasteiger partial charge in [0.05, 0.1) is 15.9 Å². The van der Waals surface area contributed by atoms with E-state index in [1.165, 1.54) is 12.1 Å². The molecular formula is C14H9ClFN3O2S. The molecule has 0 unspecified atom stereocenters. The third-order valence-corrected chi connectivity index (χ3v) is 4.47. The second-order valence-corrected chi connectivity index (χ2v) is 6.46. The van der Waals surface area contributed by atoms with Gasteiger partial charge in [0.15, 0.2) is 11.0 Å². The van der Waals surface area contributed by atoms with E-state index in [0.717, 1.165) is 12.1 Å². The van der Waals surface area contributed by atoms with E-state index in [2.05, 4.69) is 14.7 Å². The van der Waals surface area contributed by atoms with Gasteiger partial charge >= 0.3 is 0 Å². The quantitative estimate of drug-likeness (QED) is 0.796. The molecular weight excluding hydrogens is 329 g/mol. The highest BCUT2D eigenvalue weighted by Gasteiger charge is 2.18. The largest absolute Gasteiger partial charge is 0.263 e. The van der Waals surface area contributed by atoms with E-state index in [1.807, 2.05) is 0 Å². The number of hydrogen-bond donors (Lipinski definition) is 1. The highest BCUT2D eigenvalue weighted by Crippen LogP contribution is 2.24. The summed E-state index contributed by atoms with van der Waals surface area (Å²) >= 11 is 5.95. The van der Waals surface area contributed by atoms with Crippen LogP contribution in [0.5, 0.6) is 0 Å². The van der Waals surface area contributed by atoms with Crippen LogP contribution in [0.15, 0.2) is 53.4 Å². The van der Waals surface area contributed by atoms with E-state index >= 15 is 0 Å². The molecule has 0 bridgehead atoms. The lowest BCUT2D eigenvalue weighted by atomic mass is 10.3. The third-order valence-electron chi connectivity index (χ3n) is 2.87. The molecule has 0 radical (unpaired) electrons. The highest BCUT2D eigenvalue weighted by molar-refractivity contribution is 7.92. The number of rotatable bonds is 3. The van der Waals surface area contributed by atoms with Crippen molar-refractivity contribution in [2.75, 3.05) is 4.72 Å². The number of benzene rings is 2. The second kappa shape index (κ2) is 5.51. The summed E-state index contributed by atoms with van der Waals surface area (Å²) in [6.07, 6.45) is 0. The number of anilines is 1. The molecule has 5 nitrogen and oxygen atoms in total. The predicted molar refractivity (Wildman–Crippen MR) is 81.8 cm³/mol. The number of hydrogen-bond acceptors (Lipinski definition) is 4. The standard InChI is InChI=1S/C14H9ClFN3O2S/c15-13-14(18-12-7-2-1-6-11(12)17-13)19-22(20,21)10-5-3-4-9(16)8-10/h1-8H,(H,18,19). The van der Waals surface area contributed by atoms with Crippen LogP contribution in [0.2, 0.25) is 5.15 Å². The zero-order chi connectivity index (χ0) is 15.7. The fourth-order valence-electron chi connectivity index (χ4n) is 1.86. The number of nitrogens with one attached hydrogen (secondary N) is 1. The minimum Gasteiger partial charge on any atom is -0.261 e. The summed E-state index contributed by atoms with van der Waals surface area (Å²) in [6.45, 7) is 0. The summed E-state index contributed by atoms with van der Waals surface area (Å²) in [5.41, 5.74) is 1.03. The van der Waals surface area contributed by atoms with E-state index in [0.29, 0.717) is 11.0 Å². The first-order valence-electron chi connectivity index (χ1n) is 6.16. The summed E-state index contributed by atoms with van der Waals surface area (Å²) in [4.78, 5) is 7.98. The second-order valence-electron chi connectivity index (χ2n) is 4.41. The number of nitrogens with zero attached hydrogens (tertiary/aromatic N) is 2. The van der Waals surface area contributed by atoms with Crippen molar-refractivity contribution in [3.05, 3.63) is 59.5 Å². The van der Waals surface area contributed by atoms with Crippen LogP contribution >= 0.6 is 11.6 Å². The van der Waals surface area contributed by atoms with Crippen LogP contribution < -0.4 is 4.72 Å². The summed E-state index contributed by atoms with van der Waals surface area (Å²) < 4.78 is 39.9. The molecule has 0 spiro atoms. The van der Waals surface area contributed by atoms with Gasteiger partial charge in [0.2, 0.25) is 0 Å². The van der Waals surface area contributed by atoms with Gasteiger partial charge in [-0.05, 0) is 30.3 Å². The molecule has 1 heterocycles. The van der Waals surface area contributed by atoms with Crippen LogP contribution in [0.1, 0.15) is 0 Å². The Hall–Kier alpha value is -2.25. The molecule has 3 rings (SSSR count). The molecule has 2 aromatic carbocycles. The Kier molecular flexibility index (Phi) is 3.67. The van der Waals surface area contributed by atoms with Gasteiger partial charge in [-0.2, -0.15) is 0 Å². The normalized spacial score (nSPS) is 11.5. The molecule has 112 valence electrons. The third kappa shape index (κ3) is 2.86. The van der Waals surface area contributed by atoms with Gasteiger partial charge in [-0.15, -0.1) is 0 Å². The molecule has 0 fully saturated rings. The summed E-state index contributed by atoms with van der Waals surface area (Å²) in [5, 5.41) is -0.0846. The van der Waals surface area contributed by atoms with E-state index in [-0.39, 0.29) is 15.9 Å². The van der Waals surface area contributed by atoms with Crippen molar-refractivity contribution < 1.29 is 12.8 Å². The van der Waals surface area contributed by atoms with Crippen LogP contribution in [0.25, 0.3) is 11.0 Å². The minimum absolute atomic E-state index is 0.0846. The van der Waals surface area contributed by atoms with Gasteiger partial charge in [-0.25, -0.2) is 22.8 Å². The van der Waals surface area contributed by atoms with Gasteiger partial charge in [-0.3, -0.25) is 4.72 Å². The van der Waals surface area contributed by atoms with E-state index in [9.17, 15) is 12.8 Å². The Labute approximate surface area is 130 Å². The van der Waals surface area contributed by atoms with Crippen molar-refractivity contribution in [3.63, 3.8) is 0 Å². The lowest BCUT2D eigenvalue weighted by molar-refractivity contribution is 0.595. The van der Waals surface area contributed by atoms with Crippen LogP contribution in [-0.2, 0) is 10.0 Å². The lowest BCUT2D eigenvalue weighted by Crippen LogP contribution is -2.15. The molecule has 1 N–H and O–H groups in total. The maximum Gasteiger partial charge on any atom is 0.263 e. The van der Waals surface area contributed by atoms with Crippen molar-refractivity contribution in [2.45, 2.75) is 4.90 Å². The summed E-state index contributed by atoms with van der Waals surface area (Å²) in [7, 11) is -4.00.